The van der Waals surface area contributed by atoms with Crippen molar-refractivity contribution in [3.63, 3.8) is 0 Å². The number of nitriles is 1. The number of aryl methyl sites for hydroxylation is 1. The van der Waals surface area contributed by atoms with E-state index in [4.69, 9.17) is 88.4 Å². The van der Waals surface area contributed by atoms with Crippen molar-refractivity contribution in [1.29, 1.82) is 5.26 Å². The number of aliphatic carboxylic acids is 3. The van der Waals surface area contributed by atoms with Crippen LogP contribution in [0.4, 0.5) is 0 Å². The summed E-state index contributed by atoms with van der Waals surface area (Å²) in [6.07, 6.45) is 5.55. The minimum absolute atomic E-state index is 0.00266. The molecular formula is C85H80Cl6N8O19S. The number of hydrogen-bond donors (Lipinski definition) is 10. The summed E-state index contributed by atoms with van der Waals surface area (Å²) in [7, 11) is -1.96. The van der Waals surface area contributed by atoms with Crippen LogP contribution in [0.2, 0.25) is 30.1 Å². The van der Waals surface area contributed by atoms with Gasteiger partial charge in [-0.2, -0.15) is 5.26 Å². The molecule has 0 saturated heterocycles. The number of ether oxygens (including phenoxy) is 1. The van der Waals surface area contributed by atoms with Crippen molar-refractivity contribution in [2.24, 2.45) is 4.99 Å². The quantitative estimate of drug-likeness (QED) is 0.00716. The second kappa shape index (κ2) is 41.1. The fourth-order valence-corrected chi connectivity index (χ4v) is 16.6. The van der Waals surface area contributed by atoms with E-state index in [0.29, 0.717) is 125 Å². The smallest absolute Gasteiger partial charge is 0.328 e. The Bertz CT molecular complexity index is 5690. The van der Waals surface area contributed by atoms with E-state index in [1.807, 2.05) is 24.3 Å². The first kappa shape index (κ1) is 90.3. The topological polar surface area (TPSA) is 418 Å². The molecule has 10 aromatic rings. The molecule has 3 unspecified atom stereocenters. The minimum atomic E-state index is -3.49. The number of sulfone groups is 1. The molecule has 4 heterocycles. The predicted molar refractivity (Wildman–Crippen MR) is 448 cm³/mol. The molecule has 5 amide bonds. The van der Waals surface area contributed by atoms with Gasteiger partial charge in [0.05, 0.1) is 88.8 Å². The average Bonchev–Trinajstić information content (AvgIpc) is 1.04. The van der Waals surface area contributed by atoms with Gasteiger partial charge in [0.1, 0.15) is 40.9 Å². The number of benzene rings is 8. The molecule has 2 aliphatic rings. The van der Waals surface area contributed by atoms with Crippen LogP contribution in [0.5, 0.6) is 5.75 Å². The van der Waals surface area contributed by atoms with Gasteiger partial charge in [-0.15, -0.1) is 0 Å². The molecular weight excluding hydrogens is 1680 g/mol. The van der Waals surface area contributed by atoms with Crippen LogP contribution in [0, 0.1) is 11.5 Å². The molecule has 8 aromatic carbocycles. The number of halogens is 6. The molecule has 119 heavy (non-hydrogen) atoms. The molecule has 10 N–H and O–H groups in total. The van der Waals surface area contributed by atoms with Gasteiger partial charge in [0, 0.05) is 81.1 Å². The maximum atomic E-state index is 13.3. The highest BCUT2D eigenvalue weighted by atomic mass is 35.5. The zero-order valence-electron chi connectivity index (χ0n) is 64.0. The summed E-state index contributed by atoms with van der Waals surface area (Å²) in [5, 5.41) is 79.7. The first-order valence-electron chi connectivity index (χ1n) is 37.1. The Balaban J connectivity index is 0.000000188. The molecule has 0 bridgehead atoms. The van der Waals surface area contributed by atoms with Crippen molar-refractivity contribution >= 4 is 155 Å². The van der Waals surface area contributed by atoms with Gasteiger partial charge in [0.25, 0.3) is 29.5 Å². The van der Waals surface area contributed by atoms with E-state index in [1.165, 1.54) is 56.5 Å². The molecule has 27 nitrogen and oxygen atoms in total. The van der Waals surface area contributed by atoms with Crippen LogP contribution in [0.3, 0.4) is 0 Å². The standard InChI is InChI=1S/C30H26Cl2N2O7S.C30H26Cl2N2O6.C25H28Cl2N4O6/c1-2-42(39,40)21-5-3-4-17(12-21)13-24(30(37)38)33-28(35)26-23(31)14-20-16-34(10-8-22(20)27(26)32)29(36)19-7-6-18-9-11-41-25(18)15-19;1-16(35)19-4-2-3-17(11-19)12-24(30(38)39)33-28(36)26-23(31)13-21-15-34(9-7-22(21)27(26)32)29(37)20-6-5-18-8-10-40-25(18)14-20;1-37-9-3-6-22(30-14-28)29-13-20(25(35)36)31-24(34)23-18(26)10-15(11-19(23)27)7-8-21(33)16-4-2-5-17(32)12-16/h3-7,9,11-12,14-15,24H,2,8,10,13,16H2,1H3,(H,33,35)(H,37,38);2-6,8,10-11,13-14,16,24,35H,7,9,12,15H2,1H3,(H,33,36)(H,38,39);2,4-5,10-12,20-21,32-33H,3,6-9,13H2,1H3,(H,29,30)(H,31,34)(H,35,36)/t;16?,24-;20-,21?/m.00/s1. The number of aromatic hydroxyl groups is 1. The number of amidine groups is 1. The second-order valence-electron chi connectivity index (χ2n) is 27.8. The van der Waals surface area contributed by atoms with Crippen LogP contribution in [0.25, 0.3) is 21.9 Å². The minimum Gasteiger partial charge on any atom is -0.508 e. The number of hydrogen-bond acceptors (Lipinski definition) is 18. The number of nitrogens with zero attached hydrogens (tertiary/aromatic N) is 4. The molecule has 12 rings (SSSR count). The normalized spacial score (nSPS) is 13.8. The molecule has 2 aliphatic heterocycles. The van der Waals surface area contributed by atoms with Gasteiger partial charge in [-0.25, -0.2) is 22.8 Å². The fourth-order valence-electron chi connectivity index (χ4n) is 13.4. The number of aliphatic hydroxyl groups is 2. The Morgan fingerprint density at radius 2 is 1.07 bits per heavy atom. The number of nitrogens with one attached hydrogen (secondary N) is 4. The Morgan fingerprint density at radius 1 is 0.588 bits per heavy atom. The molecule has 0 fully saturated rings. The summed E-state index contributed by atoms with van der Waals surface area (Å²) in [6, 6.07) is 35.5. The number of carbonyl (C=O) groups excluding carboxylic acids is 5. The molecule has 34 heteroatoms. The number of fused-ring (bicyclic) bond motifs is 4. The van der Waals surface area contributed by atoms with Gasteiger partial charge in [0.2, 0.25) is 0 Å². The van der Waals surface area contributed by atoms with Crippen LogP contribution >= 0.6 is 69.6 Å². The average molecular weight is 1760 g/mol. The summed E-state index contributed by atoms with van der Waals surface area (Å²) < 4.78 is 40.3. The summed E-state index contributed by atoms with van der Waals surface area (Å²) in [4.78, 5) is 109. The molecule has 5 atom stereocenters. The lowest BCUT2D eigenvalue weighted by Crippen LogP contribution is -2.43. The van der Waals surface area contributed by atoms with Gasteiger partial charge in [-0.3, -0.25) is 34.3 Å². The zero-order chi connectivity index (χ0) is 86.1. The van der Waals surface area contributed by atoms with Crippen LogP contribution in [-0.2, 0) is 74.2 Å². The number of rotatable bonds is 28. The van der Waals surface area contributed by atoms with Crippen molar-refractivity contribution in [2.45, 2.75) is 114 Å². The molecule has 622 valence electrons. The maximum absolute atomic E-state index is 13.3. The van der Waals surface area contributed by atoms with Crippen LogP contribution in [-0.4, -0.2) is 159 Å². The highest BCUT2D eigenvalue weighted by molar-refractivity contribution is 7.91. The van der Waals surface area contributed by atoms with E-state index < -0.39 is 75.8 Å². The lowest BCUT2D eigenvalue weighted by atomic mass is 9.95. The highest BCUT2D eigenvalue weighted by Crippen LogP contribution is 2.38. The van der Waals surface area contributed by atoms with E-state index in [2.05, 4.69) is 26.3 Å². The van der Waals surface area contributed by atoms with Crippen molar-refractivity contribution in [3.8, 4) is 11.9 Å². The van der Waals surface area contributed by atoms with Gasteiger partial charge in [0.15, 0.2) is 16.0 Å². The molecule has 0 radical (unpaired) electrons. The van der Waals surface area contributed by atoms with Gasteiger partial charge < -0.3 is 70.0 Å². The maximum Gasteiger partial charge on any atom is 0.328 e. The number of carboxylic acid groups (broad SMARTS) is 3. The van der Waals surface area contributed by atoms with Gasteiger partial charge >= 0.3 is 17.9 Å². The second-order valence-corrected chi connectivity index (χ2v) is 32.5. The number of phenolic OH excluding ortho intramolecular Hbond substituents is 1. The van der Waals surface area contributed by atoms with Crippen LogP contribution in [0.15, 0.2) is 177 Å². The van der Waals surface area contributed by atoms with Crippen molar-refractivity contribution in [3.05, 3.63) is 266 Å². The van der Waals surface area contributed by atoms with Crippen LogP contribution < -0.4 is 21.3 Å². The van der Waals surface area contributed by atoms with Crippen molar-refractivity contribution < 1.29 is 91.0 Å². The Kier molecular flexibility index (Phi) is 31.1. The lowest BCUT2D eigenvalue weighted by Gasteiger charge is -2.30. The van der Waals surface area contributed by atoms with Gasteiger partial charge in [-0.1, -0.05) is 137 Å². The number of methoxy groups -OCH3 is 1. The van der Waals surface area contributed by atoms with E-state index in [9.17, 15) is 77.4 Å². The number of amides is 5. The third kappa shape index (κ3) is 23.1. The van der Waals surface area contributed by atoms with E-state index in [0.717, 1.165) is 16.3 Å². The number of furan rings is 2. The molecule has 0 aliphatic carbocycles. The zero-order valence-corrected chi connectivity index (χ0v) is 69.3. The Labute approximate surface area is 712 Å². The van der Waals surface area contributed by atoms with Crippen LogP contribution in [0.1, 0.15) is 147 Å². The Morgan fingerprint density at radius 3 is 1.55 bits per heavy atom. The number of carbonyl (C=O) groups is 8. The fraction of sp³-hybridized carbons (Fsp3) is 0.271. The van der Waals surface area contributed by atoms with E-state index >= 15 is 0 Å². The number of aliphatic imine (C=N–C) groups is 1. The number of aliphatic hydroxyl groups excluding tert-OH is 2. The Hall–Kier alpha value is -11.1. The molecule has 0 saturated carbocycles. The van der Waals surface area contributed by atoms with Gasteiger partial charge in [-0.05, 0) is 174 Å². The first-order valence-corrected chi connectivity index (χ1v) is 41.0. The summed E-state index contributed by atoms with van der Waals surface area (Å²) in [5.41, 5.74) is 7.73. The lowest BCUT2D eigenvalue weighted by molar-refractivity contribution is -0.140. The summed E-state index contributed by atoms with van der Waals surface area (Å²) >= 11 is 38.9. The highest BCUT2D eigenvalue weighted by Gasteiger charge is 2.34. The largest absolute Gasteiger partial charge is 0.508 e. The van der Waals surface area contributed by atoms with E-state index in [-0.39, 0.29) is 113 Å². The number of carboxylic acids is 3. The monoisotopic (exact) mass is 1760 g/mol. The summed E-state index contributed by atoms with van der Waals surface area (Å²) in [5.74, 6) is -6.26. The van der Waals surface area contributed by atoms with Crippen molar-refractivity contribution in [1.82, 2.24) is 31.1 Å². The molecule has 2 aromatic heterocycles. The summed E-state index contributed by atoms with van der Waals surface area (Å²) in [6.45, 7) is 4.45. The SMILES string of the molecule is CC(O)c1cccc(C[C@H](NC(=O)c2c(Cl)cc3c(c2Cl)CCN(C(=O)c2ccc4ccoc4c2)C3)C(=O)O)c1.CCS(=O)(=O)c1cccc(CC(NC(=O)c2c(Cl)cc3c(c2Cl)CCN(C(=O)c2ccc4ccoc4c2)C3)C(=O)O)c1.COCCCC(=NC[C@H](NC(=O)c1c(Cl)cc(CCC(O)c2cccc(O)c2)cc1Cl)C(=O)O)NC#N. The third-order valence-electron chi connectivity index (χ3n) is 19.7. The van der Waals surface area contributed by atoms with E-state index in [1.54, 1.807) is 114 Å². The number of phenols is 1. The molecule has 0 spiro atoms. The predicted octanol–water partition coefficient (Wildman–Crippen LogP) is 14.0. The van der Waals surface area contributed by atoms with Crippen molar-refractivity contribution in [2.75, 3.05) is 39.1 Å². The third-order valence-corrected chi connectivity index (χ3v) is 23.5. The first-order chi connectivity index (χ1) is 56.7.